The van der Waals surface area contributed by atoms with Gasteiger partial charge in [-0.05, 0) is 24.3 Å². The molecule has 122 valence electrons. The van der Waals surface area contributed by atoms with Gasteiger partial charge in [0.05, 0.1) is 35.8 Å². The number of amides is 1. The van der Waals surface area contributed by atoms with Gasteiger partial charge in [-0.3, -0.25) is 9.20 Å². The van der Waals surface area contributed by atoms with Gasteiger partial charge in [0.1, 0.15) is 0 Å². The van der Waals surface area contributed by atoms with E-state index in [-0.39, 0.29) is 11.7 Å². The van der Waals surface area contributed by atoms with E-state index in [0.29, 0.717) is 11.3 Å². The zero-order chi connectivity index (χ0) is 16.9. The third-order valence-electron chi connectivity index (χ3n) is 3.34. The molecule has 2 aromatic heterocycles. The number of methoxy groups -OCH3 is 1. The number of nitrogens with one attached hydrogen (secondary N) is 1. The number of benzene rings is 1. The third kappa shape index (κ3) is 3.41. The summed E-state index contributed by atoms with van der Waals surface area (Å²) in [5, 5.41) is 3.48. The Bertz CT molecular complexity index is 891. The first-order valence-electron chi connectivity index (χ1n) is 7.21. The number of anilines is 1. The summed E-state index contributed by atoms with van der Waals surface area (Å²) in [7, 11) is 1.31. The molecular weight excluding hydrogens is 326 g/mol. The summed E-state index contributed by atoms with van der Waals surface area (Å²) >= 11 is 1.33. The van der Waals surface area contributed by atoms with Gasteiger partial charge in [-0.25, -0.2) is 9.78 Å². The highest BCUT2D eigenvalue weighted by molar-refractivity contribution is 7.99. The van der Waals surface area contributed by atoms with Crippen molar-refractivity contribution in [3.05, 3.63) is 60.4 Å². The van der Waals surface area contributed by atoms with Crippen LogP contribution in [0.25, 0.3) is 5.52 Å². The number of nitrogens with zero attached hydrogens (tertiary/aromatic N) is 2. The molecule has 1 aromatic carbocycles. The monoisotopic (exact) mass is 341 g/mol. The van der Waals surface area contributed by atoms with Crippen molar-refractivity contribution < 1.29 is 14.3 Å². The van der Waals surface area contributed by atoms with E-state index in [9.17, 15) is 9.59 Å². The van der Waals surface area contributed by atoms with Gasteiger partial charge in [-0.15, -0.1) is 0 Å². The van der Waals surface area contributed by atoms with Gasteiger partial charge in [0.2, 0.25) is 5.91 Å². The number of carbonyl (C=O) groups excluding carboxylic acids is 2. The predicted octanol–water partition coefficient (Wildman–Crippen LogP) is 2.85. The summed E-state index contributed by atoms with van der Waals surface area (Å²) in [6.45, 7) is 0. The minimum atomic E-state index is -0.488. The highest BCUT2D eigenvalue weighted by Crippen LogP contribution is 2.20. The summed E-state index contributed by atoms with van der Waals surface area (Å²) in [4.78, 5) is 28.2. The summed E-state index contributed by atoms with van der Waals surface area (Å²) in [5.41, 5.74) is 1.73. The molecule has 24 heavy (non-hydrogen) atoms. The molecule has 1 N–H and O–H groups in total. The lowest BCUT2D eigenvalue weighted by atomic mass is 10.2. The van der Waals surface area contributed by atoms with Gasteiger partial charge < -0.3 is 10.1 Å². The van der Waals surface area contributed by atoms with Gasteiger partial charge in [-0.1, -0.05) is 30.0 Å². The van der Waals surface area contributed by atoms with E-state index in [1.54, 1.807) is 30.5 Å². The van der Waals surface area contributed by atoms with Crippen LogP contribution in [0.3, 0.4) is 0 Å². The van der Waals surface area contributed by atoms with Crippen LogP contribution < -0.4 is 5.32 Å². The quantitative estimate of drug-likeness (QED) is 0.571. The van der Waals surface area contributed by atoms with Crippen molar-refractivity contribution in [3.63, 3.8) is 0 Å². The Balaban J connectivity index is 1.67. The fraction of sp³-hybridized carbons (Fsp3) is 0.118. The van der Waals surface area contributed by atoms with Gasteiger partial charge in [0.15, 0.2) is 5.16 Å². The molecule has 0 unspecified atom stereocenters. The average Bonchev–Trinajstić information content (AvgIpc) is 3.03. The van der Waals surface area contributed by atoms with Gasteiger partial charge in [0, 0.05) is 6.20 Å². The van der Waals surface area contributed by atoms with E-state index < -0.39 is 5.97 Å². The number of aromatic nitrogens is 2. The normalized spacial score (nSPS) is 10.5. The Morgan fingerprint density at radius 2 is 2.00 bits per heavy atom. The van der Waals surface area contributed by atoms with E-state index in [4.69, 9.17) is 4.74 Å². The topological polar surface area (TPSA) is 72.7 Å². The van der Waals surface area contributed by atoms with Crippen LogP contribution in [0.4, 0.5) is 5.69 Å². The number of imidazole rings is 1. The number of hydrogen-bond donors (Lipinski definition) is 1. The molecule has 0 atom stereocenters. The Hall–Kier alpha value is -2.80. The smallest absolute Gasteiger partial charge is 0.339 e. The zero-order valence-corrected chi connectivity index (χ0v) is 13.7. The van der Waals surface area contributed by atoms with E-state index in [1.807, 2.05) is 28.8 Å². The standard InChI is InChI=1S/C17H15N3O3S/c1-23-16(22)13-7-2-3-8-14(13)19-15(21)11-24-17-18-10-12-6-4-5-9-20(12)17/h2-10H,11H2,1H3,(H,19,21). The first-order valence-corrected chi connectivity index (χ1v) is 8.19. The highest BCUT2D eigenvalue weighted by atomic mass is 32.2. The summed E-state index contributed by atoms with van der Waals surface area (Å²) in [6, 6.07) is 12.5. The van der Waals surface area contributed by atoms with E-state index >= 15 is 0 Å². The number of carbonyl (C=O) groups is 2. The molecule has 0 aliphatic rings. The molecule has 3 rings (SSSR count). The van der Waals surface area contributed by atoms with Crippen molar-refractivity contribution in [2.75, 3.05) is 18.2 Å². The Kier molecular flexibility index (Phi) is 4.81. The van der Waals surface area contributed by atoms with Crippen LogP contribution in [0.5, 0.6) is 0 Å². The van der Waals surface area contributed by atoms with Gasteiger partial charge in [0.25, 0.3) is 0 Å². The number of ether oxygens (including phenoxy) is 1. The second kappa shape index (κ2) is 7.18. The van der Waals surface area contributed by atoms with Crippen molar-refractivity contribution in [2.45, 2.75) is 5.16 Å². The lowest BCUT2D eigenvalue weighted by molar-refractivity contribution is -0.113. The summed E-state index contributed by atoms with van der Waals surface area (Å²) in [6.07, 6.45) is 3.65. The molecule has 0 saturated heterocycles. The molecule has 7 heteroatoms. The second-order valence-electron chi connectivity index (χ2n) is 4.91. The van der Waals surface area contributed by atoms with Crippen molar-refractivity contribution in [2.24, 2.45) is 0 Å². The molecule has 6 nitrogen and oxygen atoms in total. The number of para-hydroxylation sites is 1. The number of thioether (sulfide) groups is 1. The van der Waals surface area contributed by atoms with Crippen LogP contribution in [0, 0.1) is 0 Å². The molecule has 0 bridgehead atoms. The molecular formula is C17H15N3O3S. The van der Waals surface area contributed by atoms with Crippen molar-refractivity contribution >= 4 is 34.8 Å². The second-order valence-corrected chi connectivity index (χ2v) is 5.85. The van der Waals surface area contributed by atoms with E-state index in [2.05, 4.69) is 10.3 Å². The first kappa shape index (κ1) is 16.1. The minimum absolute atomic E-state index is 0.184. The lowest BCUT2D eigenvalue weighted by Gasteiger charge is -2.09. The maximum atomic E-state index is 12.2. The van der Waals surface area contributed by atoms with Crippen molar-refractivity contribution in [1.29, 1.82) is 0 Å². The summed E-state index contributed by atoms with van der Waals surface area (Å²) in [5.74, 6) is -0.523. The molecule has 0 spiro atoms. The third-order valence-corrected chi connectivity index (χ3v) is 4.31. The number of hydrogen-bond acceptors (Lipinski definition) is 5. The first-order chi connectivity index (χ1) is 11.7. The van der Waals surface area contributed by atoms with E-state index in [0.717, 1.165) is 10.7 Å². The van der Waals surface area contributed by atoms with Crippen LogP contribution in [0.15, 0.2) is 60.0 Å². The molecule has 3 aromatic rings. The number of pyridine rings is 1. The van der Waals surface area contributed by atoms with Crippen LogP contribution in [0.2, 0.25) is 0 Å². The largest absolute Gasteiger partial charge is 0.465 e. The fourth-order valence-corrected chi connectivity index (χ4v) is 2.99. The zero-order valence-electron chi connectivity index (χ0n) is 12.9. The van der Waals surface area contributed by atoms with Crippen molar-refractivity contribution in [3.8, 4) is 0 Å². The molecule has 0 saturated carbocycles. The molecule has 0 aliphatic heterocycles. The van der Waals surface area contributed by atoms with Crippen LogP contribution >= 0.6 is 11.8 Å². The molecule has 1 amide bonds. The number of fused-ring (bicyclic) bond motifs is 1. The van der Waals surface area contributed by atoms with Gasteiger partial charge >= 0.3 is 5.97 Å². The van der Waals surface area contributed by atoms with Crippen LogP contribution in [0.1, 0.15) is 10.4 Å². The maximum absolute atomic E-state index is 12.2. The SMILES string of the molecule is COC(=O)c1ccccc1NC(=O)CSc1ncc2ccccn12. The molecule has 0 fully saturated rings. The number of rotatable bonds is 5. The Morgan fingerprint density at radius 1 is 1.21 bits per heavy atom. The maximum Gasteiger partial charge on any atom is 0.339 e. The number of esters is 1. The van der Waals surface area contributed by atoms with Gasteiger partial charge in [-0.2, -0.15) is 0 Å². The molecule has 2 heterocycles. The molecule has 0 aliphatic carbocycles. The highest BCUT2D eigenvalue weighted by Gasteiger charge is 2.14. The van der Waals surface area contributed by atoms with Crippen LogP contribution in [-0.2, 0) is 9.53 Å². The molecule has 0 radical (unpaired) electrons. The summed E-state index contributed by atoms with van der Waals surface area (Å²) < 4.78 is 6.63. The lowest BCUT2D eigenvalue weighted by Crippen LogP contribution is -2.17. The van der Waals surface area contributed by atoms with Crippen LogP contribution in [-0.4, -0.2) is 34.1 Å². The Labute approximate surface area is 142 Å². The fourth-order valence-electron chi connectivity index (χ4n) is 2.22. The van der Waals surface area contributed by atoms with Crippen molar-refractivity contribution in [1.82, 2.24) is 9.38 Å². The Morgan fingerprint density at radius 3 is 2.83 bits per heavy atom. The van der Waals surface area contributed by atoms with E-state index in [1.165, 1.54) is 18.9 Å². The minimum Gasteiger partial charge on any atom is -0.465 e. The average molecular weight is 341 g/mol. The predicted molar refractivity (Wildman–Crippen MR) is 92.3 cm³/mol.